The molecule has 1 N–H and O–H groups in total. The van der Waals surface area contributed by atoms with Crippen molar-refractivity contribution in [2.75, 3.05) is 13.2 Å². The normalized spacial score (nSPS) is 17.3. The van der Waals surface area contributed by atoms with Crippen molar-refractivity contribution in [3.8, 4) is 6.07 Å². The Morgan fingerprint density at radius 3 is 2.80 bits per heavy atom. The molecule has 1 unspecified atom stereocenters. The van der Waals surface area contributed by atoms with Gasteiger partial charge in [0.15, 0.2) is 0 Å². The molecule has 3 nitrogen and oxygen atoms in total. The smallest absolute Gasteiger partial charge is 0.119 e. The lowest BCUT2D eigenvalue weighted by molar-refractivity contribution is 0.119. The monoisotopic (exact) mass is 210 g/mol. The second kappa shape index (κ2) is 7.67. The zero-order valence-corrected chi connectivity index (χ0v) is 9.67. The van der Waals surface area contributed by atoms with Gasteiger partial charge in [-0.2, -0.15) is 5.26 Å². The maximum atomic E-state index is 8.85. The van der Waals surface area contributed by atoms with E-state index in [1.807, 2.05) is 0 Å². The molecule has 1 saturated carbocycles. The fraction of sp³-hybridized carbons (Fsp3) is 0.917. The van der Waals surface area contributed by atoms with Crippen molar-refractivity contribution in [3.05, 3.63) is 0 Å². The third-order valence-electron chi connectivity index (χ3n) is 2.60. The minimum absolute atomic E-state index is 0.108. The largest absolute Gasteiger partial charge is 0.379 e. The summed E-state index contributed by atoms with van der Waals surface area (Å²) in [6, 6.07) is 2.71. The first kappa shape index (κ1) is 12.5. The zero-order chi connectivity index (χ0) is 10.9. The predicted molar refractivity (Wildman–Crippen MR) is 60.5 cm³/mol. The van der Waals surface area contributed by atoms with Gasteiger partial charge >= 0.3 is 0 Å². The van der Waals surface area contributed by atoms with Gasteiger partial charge in [-0.3, -0.25) is 5.32 Å². The van der Waals surface area contributed by atoms with Crippen LogP contribution in [-0.4, -0.2) is 25.3 Å². The molecule has 0 spiro atoms. The molecule has 0 radical (unpaired) electrons. The minimum atomic E-state index is -0.108. The number of hydrogen-bond acceptors (Lipinski definition) is 3. The van der Waals surface area contributed by atoms with Crippen molar-refractivity contribution in [3.63, 3.8) is 0 Å². The maximum absolute atomic E-state index is 8.85. The zero-order valence-electron chi connectivity index (χ0n) is 9.67. The van der Waals surface area contributed by atoms with E-state index in [1.165, 1.54) is 32.1 Å². The van der Waals surface area contributed by atoms with Crippen molar-refractivity contribution in [1.29, 1.82) is 5.26 Å². The van der Waals surface area contributed by atoms with Crippen LogP contribution < -0.4 is 5.32 Å². The summed E-state index contributed by atoms with van der Waals surface area (Å²) in [7, 11) is 0. The third kappa shape index (κ3) is 6.48. The fourth-order valence-corrected chi connectivity index (χ4v) is 1.49. The molecule has 1 fully saturated rings. The Hall–Kier alpha value is -0.590. The molecule has 1 aliphatic carbocycles. The minimum Gasteiger partial charge on any atom is -0.379 e. The van der Waals surface area contributed by atoms with Gasteiger partial charge in [-0.1, -0.05) is 26.2 Å². The summed E-state index contributed by atoms with van der Waals surface area (Å²) in [4.78, 5) is 0. The van der Waals surface area contributed by atoms with Crippen LogP contribution >= 0.6 is 0 Å². The van der Waals surface area contributed by atoms with Gasteiger partial charge in [-0.15, -0.1) is 0 Å². The summed E-state index contributed by atoms with van der Waals surface area (Å²) in [5.74, 6) is 0. The summed E-state index contributed by atoms with van der Waals surface area (Å²) in [5, 5.41) is 12.1. The Morgan fingerprint density at radius 2 is 2.20 bits per heavy atom. The molecule has 0 aromatic rings. The van der Waals surface area contributed by atoms with Crippen LogP contribution in [0.15, 0.2) is 0 Å². The Kier molecular flexibility index (Phi) is 6.38. The molecule has 1 aliphatic rings. The highest BCUT2D eigenvalue weighted by Crippen LogP contribution is 2.19. The second-order valence-electron chi connectivity index (χ2n) is 4.26. The standard InChI is InChI=1S/C12H22N2O/c1-2-3-4-5-8-15-10-12(9-13)14-11-6-7-11/h11-12,14H,2-8,10H2,1H3. The van der Waals surface area contributed by atoms with Gasteiger partial charge in [-0.05, 0) is 19.3 Å². The molecular formula is C12H22N2O. The highest BCUT2D eigenvalue weighted by molar-refractivity contribution is 4.95. The Morgan fingerprint density at radius 1 is 1.40 bits per heavy atom. The van der Waals surface area contributed by atoms with E-state index in [0.29, 0.717) is 12.6 Å². The van der Waals surface area contributed by atoms with Crippen LogP contribution in [0.4, 0.5) is 0 Å². The number of hydrogen-bond donors (Lipinski definition) is 1. The van der Waals surface area contributed by atoms with E-state index in [1.54, 1.807) is 0 Å². The van der Waals surface area contributed by atoms with Gasteiger partial charge in [0, 0.05) is 12.6 Å². The lowest BCUT2D eigenvalue weighted by atomic mass is 10.2. The number of nitrogens with zero attached hydrogens (tertiary/aromatic N) is 1. The molecule has 0 saturated heterocycles. The summed E-state index contributed by atoms with van der Waals surface area (Å²) >= 11 is 0. The summed E-state index contributed by atoms with van der Waals surface area (Å²) in [5.41, 5.74) is 0. The first-order valence-corrected chi connectivity index (χ1v) is 6.10. The van der Waals surface area contributed by atoms with E-state index in [4.69, 9.17) is 10.00 Å². The van der Waals surface area contributed by atoms with Crippen molar-refractivity contribution in [1.82, 2.24) is 5.32 Å². The topological polar surface area (TPSA) is 45.0 Å². The van der Waals surface area contributed by atoms with Gasteiger partial charge in [-0.25, -0.2) is 0 Å². The predicted octanol–water partition coefficient (Wildman–Crippen LogP) is 2.23. The number of ether oxygens (including phenoxy) is 1. The number of rotatable bonds is 9. The van der Waals surface area contributed by atoms with E-state index in [0.717, 1.165) is 13.0 Å². The molecule has 0 aromatic carbocycles. The lowest BCUT2D eigenvalue weighted by Crippen LogP contribution is -2.33. The number of unbranched alkanes of at least 4 members (excludes halogenated alkanes) is 3. The Bertz CT molecular complexity index is 196. The first-order chi connectivity index (χ1) is 7.36. The quantitative estimate of drug-likeness (QED) is 0.593. The molecular weight excluding hydrogens is 188 g/mol. The molecule has 1 rings (SSSR count). The fourth-order valence-electron chi connectivity index (χ4n) is 1.49. The van der Waals surface area contributed by atoms with Gasteiger partial charge in [0.1, 0.15) is 6.04 Å². The van der Waals surface area contributed by atoms with E-state index in [9.17, 15) is 0 Å². The van der Waals surface area contributed by atoms with Gasteiger partial charge in [0.2, 0.25) is 0 Å². The first-order valence-electron chi connectivity index (χ1n) is 6.10. The molecule has 0 amide bonds. The molecule has 3 heteroatoms. The third-order valence-corrected chi connectivity index (χ3v) is 2.60. The molecule has 0 aromatic heterocycles. The summed E-state index contributed by atoms with van der Waals surface area (Å²) < 4.78 is 5.48. The summed E-state index contributed by atoms with van der Waals surface area (Å²) in [6.07, 6.45) is 7.33. The van der Waals surface area contributed by atoms with E-state index < -0.39 is 0 Å². The van der Waals surface area contributed by atoms with Crippen LogP contribution in [0, 0.1) is 11.3 Å². The van der Waals surface area contributed by atoms with Crippen LogP contribution in [0.5, 0.6) is 0 Å². The average molecular weight is 210 g/mol. The van der Waals surface area contributed by atoms with Crippen molar-refractivity contribution in [2.24, 2.45) is 0 Å². The van der Waals surface area contributed by atoms with Gasteiger partial charge in [0.25, 0.3) is 0 Å². The van der Waals surface area contributed by atoms with Gasteiger partial charge < -0.3 is 4.74 Å². The molecule has 15 heavy (non-hydrogen) atoms. The van der Waals surface area contributed by atoms with Crippen molar-refractivity contribution >= 4 is 0 Å². The molecule has 0 heterocycles. The van der Waals surface area contributed by atoms with E-state index >= 15 is 0 Å². The van der Waals surface area contributed by atoms with Crippen LogP contribution in [0.25, 0.3) is 0 Å². The van der Waals surface area contributed by atoms with Crippen LogP contribution in [0.3, 0.4) is 0 Å². The number of nitrogens with one attached hydrogen (secondary N) is 1. The maximum Gasteiger partial charge on any atom is 0.119 e. The average Bonchev–Trinajstić information content (AvgIpc) is 3.05. The highest BCUT2D eigenvalue weighted by Gasteiger charge is 2.24. The van der Waals surface area contributed by atoms with E-state index in [2.05, 4.69) is 18.3 Å². The number of nitriles is 1. The Labute approximate surface area is 92.8 Å². The van der Waals surface area contributed by atoms with Gasteiger partial charge in [0.05, 0.1) is 12.7 Å². The molecule has 0 bridgehead atoms. The second-order valence-corrected chi connectivity index (χ2v) is 4.26. The molecule has 1 atom stereocenters. The van der Waals surface area contributed by atoms with E-state index in [-0.39, 0.29) is 6.04 Å². The summed E-state index contributed by atoms with van der Waals surface area (Å²) in [6.45, 7) is 3.54. The highest BCUT2D eigenvalue weighted by atomic mass is 16.5. The van der Waals surface area contributed by atoms with Crippen LogP contribution in [0.1, 0.15) is 45.4 Å². The molecule has 86 valence electrons. The Balaban J connectivity index is 1.90. The SMILES string of the molecule is CCCCCCOCC(C#N)NC1CC1. The van der Waals surface area contributed by atoms with Crippen molar-refractivity contribution in [2.45, 2.75) is 57.5 Å². The van der Waals surface area contributed by atoms with Crippen LogP contribution in [-0.2, 0) is 4.74 Å². The lowest BCUT2D eigenvalue weighted by Gasteiger charge is -2.10. The van der Waals surface area contributed by atoms with Crippen LogP contribution in [0.2, 0.25) is 0 Å². The van der Waals surface area contributed by atoms with Crippen molar-refractivity contribution < 1.29 is 4.74 Å². The molecule has 0 aliphatic heterocycles.